The quantitative estimate of drug-likeness (QED) is 0.625. The van der Waals surface area contributed by atoms with Crippen LogP contribution < -0.4 is 10.6 Å². The van der Waals surface area contributed by atoms with Gasteiger partial charge in [-0.15, -0.1) is 10.2 Å². The fraction of sp³-hybridized carbons (Fsp3) is 0.471. The summed E-state index contributed by atoms with van der Waals surface area (Å²) >= 11 is 1.21. The van der Waals surface area contributed by atoms with Crippen LogP contribution in [0.1, 0.15) is 20.3 Å². The summed E-state index contributed by atoms with van der Waals surface area (Å²) in [5.41, 5.74) is 0.873. The molecule has 2 rings (SSSR count). The highest BCUT2D eigenvalue weighted by atomic mass is 32.2. The second-order valence-corrected chi connectivity index (χ2v) is 6.75. The summed E-state index contributed by atoms with van der Waals surface area (Å²) in [4.78, 5) is 27.7. The first-order valence-corrected chi connectivity index (χ1v) is 9.59. The highest BCUT2D eigenvalue weighted by Crippen LogP contribution is 2.23. The lowest BCUT2D eigenvalue weighted by Crippen LogP contribution is -2.43. The van der Waals surface area contributed by atoms with E-state index in [0.717, 1.165) is 12.0 Å². The summed E-state index contributed by atoms with van der Waals surface area (Å²) in [5, 5.41) is 14.0. The number of nitrogens with zero attached hydrogens (tertiary/aromatic N) is 4. The molecule has 0 aliphatic rings. The number of carbonyl (C=O) groups excluding carboxylic acids is 2. The van der Waals surface area contributed by atoms with E-state index >= 15 is 0 Å². The summed E-state index contributed by atoms with van der Waals surface area (Å²) in [5.74, 6) is 0.328. The monoisotopic (exact) mass is 392 g/mol. The number of thioether (sulfide) groups is 1. The molecule has 146 valence electrons. The average Bonchev–Trinajstić information content (AvgIpc) is 3.07. The second-order valence-electron chi connectivity index (χ2n) is 5.81. The number of amides is 3. The Balaban J connectivity index is 2.02. The number of carbonyl (C=O) groups is 2. The number of rotatable bonds is 9. The standard InChI is InChI=1S/C17H24N6O3S/c1-4-12(2)19-16(25)20-14(24)11-27-17-22-21-15(23(17)9-10-26-3)13-5-7-18-8-6-13/h5-8,12H,4,9-11H2,1-3H3,(H2,19,20,24,25)/t12-/m1/s1. The van der Waals surface area contributed by atoms with Gasteiger partial charge in [-0.1, -0.05) is 18.7 Å². The molecule has 0 saturated heterocycles. The lowest BCUT2D eigenvalue weighted by molar-refractivity contribution is -0.117. The Morgan fingerprint density at radius 1 is 1.30 bits per heavy atom. The van der Waals surface area contributed by atoms with Crippen LogP contribution in [-0.4, -0.2) is 57.2 Å². The molecule has 0 aromatic carbocycles. The molecule has 1 atom stereocenters. The third-order valence-electron chi connectivity index (χ3n) is 3.75. The molecule has 2 aromatic rings. The Hall–Kier alpha value is -2.46. The zero-order valence-electron chi connectivity index (χ0n) is 15.6. The van der Waals surface area contributed by atoms with Gasteiger partial charge in [0, 0.05) is 31.1 Å². The van der Waals surface area contributed by atoms with Crippen LogP contribution in [0.25, 0.3) is 11.4 Å². The molecule has 0 radical (unpaired) electrons. The van der Waals surface area contributed by atoms with Gasteiger partial charge in [0.25, 0.3) is 0 Å². The van der Waals surface area contributed by atoms with Crippen LogP contribution in [0, 0.1) is 0 Å². The van der Waals surface area contributed by atoms with Gasteiger partial charge < -0.3 is 10.1 Å². The second kappa shape index (κ2) is 10.6. The van der Waals surface area contributed by atoms with Gasteiger partial charge in [-0.3, -0.25) is 19.7 Å². The van der Waals surface area contributed by atoms with Gasteiger partial charge in [-0.05, 0) is 25.5 Å². The van der Waals surface area contributed by atoms with E-state index in [0.29, 0.717) is 24.1 Å². The molecule has 2 N–H and O–H groups in total. The number of imide groups is 1. The van der Waals surface area contributed by atoms with Crippen LogP contribution >= 0.6 is 11.8 Å². The fourth-order valence-electron chi connectivity index (χ4n) is 2.15. The van der Waals surface area contributed by atoms with Crippen molar-refractivity contribution in [1.29, 1.82) is 0 Å². The fourth-order valence-corrected chi connectivity index (χ4v) is 2.91. The molecular weight excluding hydrogens is 368 g/mol. The van der Waals surface area contributed by atoms with E-state index in [4.69, 9.17) is 4.74 Å². The molecule has 0 unspecified atom stereocenters. The molecule has 0 bridgehead atoms. The van der Waals surface area contributed by atoms with Gasteiger partial charge in [0.1, 0.15) is 0 Å². The van der Waals surface area contributed by atoms with Crippen molar-refractivity contribution < 1.29 is 14.3 Å². The molecule has 2 heterocycles. The van der Waals surface area contributed by atoms with Gasteiger partial charge in [-0.2, -0.15) is 0 Å². The Kier molecular flexibility index (Phi) is 8.21. The maximum Gasteiger partial charge on any atom is 0.321 e. The molecule has 2 aromatic heterocycles. The molecule has 0 saturated carbocycles. The molecule has 9 nitrogen and oxygen atoms in total. The number of pyridine rings is 1. The smallest absolute Gasteiger partial charge is 0.321 e. The van der Waals surface area contributed by atoms with Gasteiger partial charge in [-0.25, -0.2) is 4.79 Å². The maximum absolute atomic E-state index is 12.0. The number of ether oxygens (including phenoxy) is 1. The third-order valence-corrected chi connectivity index (χ3v) is 4.72. The van der Waals surface area contributed by atoms with Crippen LogP contribution in [0.3, 0.4) is 0 Å². The zero-order chi connectivity index (χ0) is 19.6. The van der Waals surface area contributed by atoms with E-state index in [1.54, 1.807) is 19.5 Å². The molecule has 0 aliphatic carbocycles. The van der Waals surface area contributed by atoms with Crippen molar-refractivity contribution >= 4 is 23.7 Å². The van der Waals surface area contributed by atoms with E-state index < -0.39 is 11.9 Å². The summed E-state index contributed by atoms with van der Waals surface area (Å²) in [6.07, 6.45) is 4.15. The van der Waals surface area contributed by atoms with Crippen molar-refractivity contribution in [3.8, 4) is 11.4 Å². The lowest BCUT2D eigenvalue weighted by atomic mass is 10.2. The van der Waals surface area contributed by atoms with Crippen molar-refractivity contribution in [3.63, 3.8) is 0 Å². The highest BCUT2D eigenvalue weighted by Gasteiger charge is 2.16. The number of aromatic nitrogens is 4. The first-order chi connectivity index (χ1) is 13.0. The molecule has 10 heteroatoms. The minimum absolute atomic E-state index is 0.00511. The summed E-state index contributed by atoms with van der Waals surface area (Å²) < 4.78 is 7.04. The minimum atomic E-state index is -0.492. The van der Waals surface area contributed by atoms with Gasteiger partial charge in [0.15, 0.2) is 11.0 Å². The number of nitrogens with one attached hydrogen (secondary N) is 2. The first-order valence-electron chi connectivity index (χ1n) is 8.60. The van der Waals surface area contributed by atoms with Crippen LogP contribution in [-0.2, 0) is 16.1 Å². The van der Waals surface area contributed by atoms with Crippen LogP contribution in [0.15, 0.2) is 29.7 Å². The van der Waals surface area contributed by atoms with E-state index in [2.05, 4.69) is 25.8 Å². The molecule has 0 aliphatic heterocycles. The number of urea groups is 1. The Bertz CT molecular complexity index is 752. The normalized spacial score (nSPS) is 11.8. The van der Waals surface area contributed by atoms with Crippen molar-refractivity contribution in [3.05, 3.63) is 24.5 Å². The van der Waals surface area contributed by atoms with Crippen molar-refractivity contribution in [2.45, 2.75) is 38.0 Å². The summed E-state index contributed by atoms with van der Waals surface area (Å²) in [6.45, 7) is 4.85. The first kappa shape index (κ1) is 20.8. The number of methoxy groups -OCH3 is 1. The molecule has 27 heavy (non-hydrogen) atoms. The SMILES string of the molecule is CC[C@@H](C)NC(=O)NC(=O)CSc1nnc(-c2ccncc2)n1CCOC. The van der Waals surface area contributed by atoms with E-state index in [1.165, 1.54) is 11.8 Å². The van der Waals surface area contributed by atoms with Gasteiger partial charge in [0.2, 0.25) is 5.91 Å². The van der Waals surface area contributed by atoms with E-state index in [1.807, 2.05) is 30.5 Å². The molecule has 3 amide bonds. The van der Waals surface area contributed by atoms with E-state index in [-0.39, 0.29) is 11.8 Å². The van der Waals surface area contributed by atoms with Crippen molar-refractivity contribution in [1.82, 2.24) is 30.4 Å². The predicted octanol–water partition coefficient (Wildman–Crippen LogP) is 1.70. The van der Waals surface area contributed by atoms with Crippen molar-refractivity contribution in [2.75, 3.05) is 19.5 Å². The van der Waals surface area contributed by atoms with Crippen LogP contribution in [0.5, 0.6) is 0 Å². The molecule has 0 spiro atoms. The molecular formula is C17H24N6O3S. The minimum Gasteiger partial charge on any atom is -0.383 e. The van der Waals surface area contributed by atoms with Crippen molar-refractivity contribution in [2.24, 2.45) is 0 Å². The third kappa shape index (κ3) is 6.33. The van der Waals surface area contributed by atoms with Crippen LogP contribution in [0.4, 0.5) is 4.79 Å². The maximum atomic E-state index is 12.0. The average molecular weight is 392 g/mol. The Morgan fingerprint density at radius 2 is 2.04 bits per heavy atom. The topological polar surface area (TPSA) is 111 Å². The summed E-state index contributed by atoms with van der Waals surface area (Å²) in [7, 11) is 1.62. The summed E-state index contributed by atoms with van der Waals surface area (Å²) in [6, 6.07) is 3.19. The lowest BCUT2D eigenvalue weighted by Gasteiger charge is -2.12. The highest BCUT2D eigenvalue weighted by molar-refractivity contribution is 7.99. The van der Waals surface area contributed by atoms with E-state index in [9.17, 15) is 9.59 Å². The largest absolute Gasteiger partial charge is 0.383 e. The van der Waals surface area contributed by atoms with Crippen LogP contribution in [0.2, 0.25) is 0 Å². The number of hydrogen-bond acceptors (Lipinski definition) is 7. The predicted molar refractivity (Wildman–Crippen MR) is 102 cm³/mol. The Labute approximate surface area is 162 Å². The number of hydrogen-bond donors (Lipinski definition) is 2. The van der Waals surface area contributed by atoms with Gasteiger partial charge in [0.05, 0.1) is 18.9 Å². The Morgan fingerprint density at radius 3 is 2.70 bits per heavy atom. The van der Waals surface area contributed by atoms with Gasteiger partial charge >= 0.3 is 6.03 Å². The zero-order valence-corrected chi connectivity index (χ0v) is 16.5. The molecule has 0 fully saturated rings.